The van der Waals surface area contributed by atoms with Gasteiger partial charge >= 0.3 is 81.5 Å². The van der Waals surface area contributed by atoms with Gasteiger partial charge in [0.1, 0.15) is 0 Å². The molecule has 0 atom stereocenters. The Morgan fingerprint density at radius 2 is 0.897 bits per heavy atom. The van der Waals surface area contributed by atoms with Gasteiger partial charge in [-0.1, -0.05) is 0 Å². The molecule has 0 aliphatic carbocycles. The van der Waals surface area contributed by atoms with Crippen LogP contribution < -0.4 is 0 Å². The average molecular weight is 662 g/mol. The van der Waals surface area contributed by atoms with Crippen molar-refractivity contribution >= 4 is 33.1 Å². The summed E-state index contributed by atoms with van der Waals surface area (Å²) in [4.78, 5) is 21.4. The van der Waals surface area contributed by atoms with Crippen molar-refractivity contribution in [1.29, 1.82) is 0 Å². The van der Waals surface area contributed by atoms with Gasteiger partial charge in [-0.15, -0.1) is 20.5 Å². The second kappa shape index (κ2) is 16.9. The Labute approximate surface area is 249 Å². The van der Waals surface area contributed by atoms with Crippen LogP contribution in [-0.4, -0.2) is 75.6 Å². The van der Waals surface area contributed by atoms with E-state index in [1.807, 2.05) is 55.4 Å². The van der Waals surface area contributed by atoms with Crippen molar-refractivity contribution in [3.05, 3.63) is 0 Å². The van der Waals surface area contributed by atoms with E-state index in [1.165, 1.54) is 25.7 Å². The number of carboxylic acid groups (broad SMARTS) is 2. The average Bonchev–Trinajstić information content (AvgIpc) is 2.75. The summed E-state index contributed by atoms with van der Waals surface area (Å²) < 4.78 is 3.25. The second-order valence-electron chi connectivity index (χ2n) is 14.0. The number of carboxylic acids is 2. The Balaban J connectivity index is 0.000000576. The van der Waals surface area contributed by atoms with Crippen molar-refractivity contribution in [2.75, 3.05) is 0 Å². The van der Waals surface area contributed by atoms with Crippen molar-refractivity contribution in [2.24, 2.45) is 11.8 Å². The van der Waals surface area contributed by atoms with Gasteiger partial charge < -0.3 is 10.2 Å². The van der Waals surface area contributed by atoms with Crippen molar-refractivity contribution in [3.63, 3.8) is 0 Å². The zero-order valence-electron chi connectivity index (χ0n) is 26.6. The van der Waals surface area contributed by atoms with Gasteiger partial charge in [0.15, 0.2) is 0 Å². The molecule has 228 valence electrons. The normalized spacial score (nSPS) is 22.7. The van der Waals surface area contributed by atoms with Crippen molar-refractivity contribution in [3.8, 4) is 0 Å². The van der Waals surface area contributed by atoms with E-state index >= 15 is 0 Å². The maximum atomic E-state index is 12.0. The van der Waals surface area contributed by atoms with Crippen LogP contribution in [0, 0.1) is 11.8 Å². The molecule has 2 rings (SSSR count). The number of hydrogen-bond donors (Lipinski definition) is 2. The predicted octanol–water partition coefficient (Wildman–Crippen LogP) is 7.28. The molecule has 0 saturated carbocycles. The van der Waals surface area contributed by atoms with Gasteiger partial charge in [-0.2, -0.15) is 0 Å². The van der Waals surface area contributed by atoms with E-state index in [0.29, 0.717) is 25.7 Å². The van der Waals surface area contributed by atoms with Gasteiger partial charge in [0.05, 0.1) is 0 Å². The number of piperidine rings is 2. The quantitative estimate of drug-likeness (QED) is 0.188. The van der Waals surface area contributed by atoms with Crippen LogP contribution in [0.3, 0.4) is 0 Å². The van der Waals surface area contributed by atoms with Crippen LogP contribution in [0.1, 0.15) is 133 Å². The molecule has 2 N–H and O–H groups in total. The standard InChI is InChI=1S/2C11H20NO3.2C4H9.Sn/c2*1-10(2)6-8(5-9(13)14)7-11(3,4)12(10)15;2*1-3-4-2;/h2*8H,5-7H2,1-4H3,(H,13,14);2*1,3-4H2,2H3;. The summed E-state index contributed by atoms with van der Waals surface area (Å²) in [7, 11) is 0. The molecule has 0 unspecified atom stereocenters. The second-order valence-corrected chi connectivity index (χ2v) is 18.3. The SMILES string of the molecule is CC1(C)CC(CC(=O)O)CC(C)(C)N1[O].CC1(C)CC(CC(=O)O)CC(C)(C)N1[O].CCC[CH2][Sn][CH2]CCC. The molecule has 2 heterocycles. The fourth-order valence-corrected chi connectivity index (χ4v) is 10.6. The van der Waals surface area contributed by atoms with Gasteiger partial charge in [0, 0.05) is 35.0 Å². The molecule has 0 aromatic heterocycles. The summed E-state index contributed by atoms with van der Waals surface area (Å²) in [5, 5.41) is 43.7. The van der Waals surface area contributed by atoms with Crippen LogP contribution in [-0.2, 0) is 20.0 Å². The van der Waals surface area contributed by atoms with E-state index in [9.17, 15) is 20.0 Å². The van der Waals surface area contributed by atoms with Crippen molar-refractivity contribution in [2.45, 2.75) is 164 Å². The van der Waals surface area contributed by atoms with Gasteiger partial charge in [-0.25, -0.2) is 0 Å². The van der Waals surface area contributed by atoms with Crippen LogP contribution in [0.2, 0.25) is 8.87 Å². The van der Waals surface area contributed by atoms with E-state index in [2.05, 4.69) is 13.8 Å². The molecular weight excluding hydrogens is 603 g/mol. The van der Waals surface area contributed by atoms with Crippen LogP contribution in [0.15, 0.2) is 0 Å². The monoisotopic (exact) mass is 662 g/mol. The fourth-order valence-electron chi connectivity index (χ4n) is 6.45. The molecular formula is C30H58N2O6Sn. The van der Waals surface area contributed by atoms with E-state index < -0.39 is 34.1 Å². The molecule has 0 amide bonds. The first-order valence-corrected chi connectivity index (χ1v) is 18.8. The first-order valence-electron chi connectivity index (χ1n) is 14.8. The number of carbonyl (C=O) groups is 2. The molecule has 0 spiro atoms. The minimum atomic E-state index is -0.772. The summed E-state index contributed by atoms with van der Waals surface area (Å²) in [6, 6.07) is 0. The Morgan fingerprint density at radius 3 is 1.10 bits per heavy atom. The number of aliphatic carboxylic acids is 2. The maximum absolute atomic E-state index is 12.0. The molecule has 39 heavy (non-hydrogen) atoms. The molecule has 0 bridgehead atoms. The molecule has 2 saturated heterocycles. The molecule has 9 heteroatoms. The van der Waals surface area contributed by atoms with Gasteiger partial charge in [-0.05, 0) is 92.9 Å². The van der Waals surface area contributed by atoms with Gasteiger partial charge in [-0.3, -0.25) is 9.59 Å². The van der Waals surface area contributed by atoms with E-state index in [-0.39, 0.29) is 45.8 Å². The van der Waals surface area contributed by atoms with Crippen LogP contribution in [0.5, 0.6) is 0 Å². The molecule has 2 fully saturated rings. The van der Waals surface area contributed by atoms with E-state index in [1.54, 1.807) is 8.87 Å². The van der Waals surface area contributed by atoms with E-state index in [0.717, 1.165) is 10.1 Å². The van der Waals surface area contributed by atoms with Crippen LogP contribution in [0.4, 0.5) is 0 Å². The molecule has 8 nitrogen and oxygen atoms in total. The van der Waals surface area contributed by atoms with Crippen LogP contribution in [0.25, 0.3) is 0 Å². The third kappa shape index (κ3) is 14.3. The molecule has 4 radical (unpaired) electrons. The van der Waals surface area contributed by atoms with E-state index in [4.69, 9.17) is 10.2 Å². The molecule has 0 aromatic rings. The Hall–Kier alpha value is -0.421. The first-order chi connectivity index (χ1) is 17.7. The molecule has 0 aromatic carbocycles. The third-order valence-electron chi connectivity index (χ3n) is 7.69. The number of hydroxylamine groups is 4. The molecule has 2 aliphatic heterocycles. The number of rotatable bonds is 10. The fraction of sp³-hybridized carbons (Fsp3) is 0.933. The van der Waals surface area contributed by atoms with Crippen LogP contribution >= 0.6 is 0 Å². The summed E-state index contributed by atoms with van der Waals surface area (Å²) in [5.74, 6) is -1.33. The predicted molar refractivity (Wildman–Crippen MR) is 157 cm³/mol. The summed E-state index contributed by atoms with van der Waals surface area (Å²) in [6.07, 6.45) is 8.81. The number of nitrogens with zero attached hydrogens (tertiary/aromatic N) is 2. The first kappa shape index (κ1) is 38.6. The summed E-state index contributed by atoms with van der Waals surface area (Å²) in [5.41, 5.74) is -1.83. The van der Waals surface area contributed by atoms with Gasteiger partial charge in [0.25, 0.3) is 0 Å². The summed E-state index contributed by atoms with van der Waals surface area (Å²) >= 11 is 0.149. The topological polar surface area (TPSA) is 121 Å². The Kier molecular flexibility index (Phi) is 16.7. The van der Waals surface area contributed by atoms with Gasteiger partial charge in [0.2, 0.25) is 0 Å². The minimum absolute atomic E-state index is 0.109. The third-order valence-corrected chi connectivity index (χ3v) is 11.7. The number of hydrogen-bond acceptors (Lipinski definition) is 4. The van der Waals surface area contributed by atoms with Crippen molar-refractivity contribution < 1.29 is 30.2 Å². The zero-order chi connectivity index (χ0) is 30.7. The zero-order valence-corrected chi connectivity index (χ0v) is 29.4. The summed E-state index contributed by atoms with van der Waals surface area (Å²) in [6.45, 7) is 19.7. The molecule has 2 aliphatic rings. The Morgan fingerprint density at radius 1 is 0.641 bits per heavy atom. The Bertz CT molecular complexity index is 645. The number of unbranched alkanes of at least 4 members (excludes halogenated alkanes) is 2. The van der Waals surface area contributed by atoms with Crippen molar-refractivity contribution in [1.82, 2.24) is 10.1 Å².